The second-order valence-corrected chi connectivity index (χ2v) is 6.81. The lowest BCUT2D eigenvalue weighted by Crippen LogP contribution is -2.22. The van der Waals surface area contributed by atoms with Crippen molar-refractivity contribution >= 4 is 39.9 Å². The summed E-state index contributed by atoms with van der Waals surface area (Å²) < 4.78 is 4.89. The van der Waals surface area contributed by atoms with E-state index >= 15 is 0 Å². The van der Waals surface area contributed by atoms with Gasteiger partial charge in [-0.3, -0.25) is 14.4 Å². The average Bonchev–Trinajstić information content (AvgIpc) is 3.00. The molecule has 9 heteroatoms. The third kappa shape index (κ3) is 5.92. The summed E-state index contributed by atoms with van der Waals surface area (Å²) in [6, 6.07) is 5.56. The van der Waals surface area contributed by atoms with Crippen LogP contribution in [0.5, 0.6) is 0 Å². The fraction of sp³-hybridized carbons (Fsp3) is 0.353. The van der Waals surface area contributed by atoms with Crippen LogP contribution in [0, 0.1) is 20.8 Å². The highest BCUT2D eigenvalue weighted by atomic mass is 32.1. The zero-order valence-electron chi connectivity index (χ0n) is 14.8. The third-order valence-corrected chi connectivity index (χ3v) is 4.33. The lowest BCUT2D eigenvalue weighted by atomic mass is 10.1. The number of nitrogens with one attached hydrogen (secondary N) is 2. The molecule has 0 aliphatic rings. The van der Waals surface area contributed by atoms with Crippen LogP contribution in [0.2, 0.25) is 0 Å². The second kappa shape index (κ2) is 9.04. The van der Waals surface area contributed by atoms with Gasteiger partial charge in [0.1, 0.15) is 5.01 Å². The third-order valence-electron chi connectivity index (χ3n) is 3.57. The molecule has 0 bridgehead atoms. The highest BCUT2D eigenvalue weighted by Crippen LogP contribution is 2.17. The van der Waals surface area contributed by atoms with E-state index in [1.807, 2.05) is 26.0 Å². The van der Waals surface area contributed by atoms with Crippen molar-refractivity contribution in [2.45, 2.75) is 33.6 Å². The summed E-state index contributed by atoms with van der Waals surface area (Å²) in [6.07, 6.45) is -0.184. The van der Waals surface area contributed by atoms with E-state index in [1.54, 1.807) is 13.0 Å². The number of anilines is 2. The molecule has 1 heterocycles. The molecule has 138 valence electrons. The average molecular weight is 376 g/mol. The Morgan fingerprint density at radius 3 is 2.50 bits per heavy atom. The van der Waals surface area contributed by atoms with Gasteiger partial charge in [0.05, 0.1) is 6.42 Å². The number of benzene rings is 1. The first-order chi connectivity index (χ1) is 12.3. The number of rotatable bonds is 7. The van der Waals surface area contributed by atoms with Crippen molar-refractivity contribution in [2.75, 3.05) is 17.2 Å². The first kappa shape index (κ1) is 19.5. The lowest BCUT2D eigenvalue weighted by molar-refractivity contribution is -0.147. The van der Waals surface area contributed by atoms with Gasteiger partial charge in [-0.05, 0) is 38.0 Å². The normalized spacial score (nSPS) is 10.3. The van der Waals surface area contributed by atoms with Gasteiger partial charge in [-0.1, -0.05) is 23.5 Å². The van der Waals surface area contributed by atoms with Gasteiger partial charge in [0.25, 0.3) is 5.91 Å². The summed E-state index contributed by atoms with van der Waals surface area (Å²) in [5.74, 6) is -1.41. The Balaban J connectivity index is 1.70. The van der Waals surface area contributed by atoms with E-state index in [4.69, 9.17) is 4.74 Å². The molecule has 0 radical (unpaired) electrons. The number of carbonyl (C=O) groups excluding carboxylic acids is 3. The minimum atomic E-state index is -0.621. The minimum Gasteiger partial charge on any atom is -0.456 e. The zero-order valence-corrected chi connectivity index (χ0v) is 15.6. The molecule has 0 fully saturated rings. The molecule has 1 aromatic heterocycles. The van der Waals surface area contributed by atoms with Crippen molar-refractivity contribution in [1.29, 1.82) is 0 Å². The number of hydrogen-bond acceptors (Lipinski definition) is 7. The summed E-state index contributed by atoms with van der Waals surface area (Å²) in [7, 11) is 0. The molecular weight excluding hydrogens is 356 g/mol. The monoisotopic (exact) mass is 376 g/mol. The molecule has 0 saturated heterocycles. The maximum Gasteiger partial charge on any atom is 0.306 e. The van der Waals surface area contributed by atoms with Gasteiger partial charge in [0.15, 0.2) is 6.61 Å². The Kier molecular flexibility index (Phi) is 6.79. The largest absolute Gasteiger partial charge is 0.456 e. The van der Waals surface area contributed by atoms with Gasteiger partial charge >= 0.3 is 5.97 Å². The Morgan fingerprint density at radius 1 is 1.04 bits per heavy atom. The number of esters is 1. The van der Waals surface area contributed by atoms with E-state index in [9.17, 15) is 14.4 Å². The number of ether oxygens (including phenoxy) is 1. The van der Waals surface area contributed by atoms with Crippen molar-refractivity contribution in [1.82, 2.24) is 10.2 Å². The smallest absolute Gasteiger partial charge is 0.306 e. The number of nitrogens with zero attached hydrogens (tertiary/aromatic N) is 2. The van der Waals surface area contributed by atoms with Crippen LogP contribution in [-0.2, 0) is 19.1 Å². The Morgan fingerprint density at radius 2 is 1.81 bits per heavy atom. The number of hydrogen-bond donors (Lipinski definition) is 2. The predicted molar refractivity (Wildman–Crippen MR) is 98.0 cm³/mol. The quantitative estimate of drug-likeness (QED) is 0.718. The van der Waals surface area contributed by atoms with E-state index in [1.165, 1.54) is 11.3 Å². The molecule has 0 saturated carbocycles. The van der Waals surface area contributed by atoms with Crippen LogP contribution in [0.15, 0.2) is 18.2 Å². The fourth-order valence-corrected chi connectivity index (χ4v) is 2.64. The topological polar surface area (TPSA) is 110 Å². The molecule has 0 unspecified atom stereocenters. The predicted octanol–water partition coefficient (Wildman–Crippen LogP) is 2.36. The summed E-state index contributed by atoms with van der Waals surface area (Å²) in [6.45, 7) is 5.21. The van der Waals surface area contributed by atoms with E-state index < -0.39 is 18.5 Å². The Bertz CT molecular complexity index is 819. The van der Waals surface area contributed by atoms with Crippen molar-refractivity contribution in [3.63, 3.8) is 0 Å². The molecule has 0 aliphatic heterocycles. The fourth-order valence-electron chi connectivity index (χ4n) is 2.04. The molecule has 2 aromatic rings. The number of carbonyl (C=O) groups is 3. The van der Waals surface area contributed by atoms with Crippen LogP contribution in [0.3, 0.4) is 0 Å². The van der Waals surface area contributed by atoms with Crippen LogP contribution in [0.1, 0.15) is 29.0 Å². The van der Waals surface area contributed by atoms with Gasteiger partial charge in [-0.2, -0.15) is 0 Å². The highest BCUT2D eigenvalue weighted by Gasteiger charge is 2.13. The molecule has 0 atom stereocenters. The summed E-state index contributed by atoms with van der Waals surface area (Å²) in [4.78, 5) is 35.3. The first-order valence-corrected chi connectivity index (χ1v) is 8.78. The van der Waals surface area contributed by atoms with Gasteiger partial charge in [0.2, 0.25) is 11.0 Å². The summed E-state index contributed by atoms with van der Waals surface area (Å²) >= 11 is 1.24. The first-order valence-electron chi connectivity index (χ1n) is 7.97. The molecule has 0 aliphatic carbocycles. The number of amides is 2. The molecule has 26 heavy (non-hydrogen) atoms. The Labute approximate surface area is 155 Å². The van der Waals surface area contributed by atoms with Gasteiger partial charge in [-0.25, -0.2) is 0 Å². The van der Waals surface area contributed by atoms with E-state index in [0.717, 1.165) is 16.1 Å². The van der Waals surface area contributed by atoms with Gasteiger partial charge < -0.3 is 15.4 Å². The molecule has 2 rings (SSSR count). The number of aryl methyl sites for hydroxylation is 2. The van der Waals surface area contributed by atoms with Crippen LogP contribution < -0.4 is 10.6 Å². The molecule has 2 N–H and O–H groups in total. The van der Waals surface area contributed by atoms with Crippen molar-refractivity contribution in [2.24, 2.45) is 0 Å². The number of aromatic nitrogens is 2. The van der Waals surface area contributed by atoms with Gasteiger partial charge in [0, 0.05) is 12.1 Å². The van der Waals surface area contributed by atoms with Crippen molar-refractivity contribution in [3.8, 4) is 0 Å². The van der Waals surface area contributed by atoms with Crippen LogP contribution in [-0.4, -0.2) is 34.6 Å². The molecule has 0 spiro atoms. The lowest BCUT2D eigenvalue weighted by Gasteiger charge is -2.10. The highest BCUT2D eigenvalue weighted by molar-refractivity contribution is 7.15. The van der Waals surface area contributed by atoms with E-state index in [-0.39, 0.29) is 18.7 Å². The van der Waals surface area contributed by atoms with Crippen molar-refractivity contribution < 1.29 is 19.1 Å². The maximum absolute atomic E-state index is 11.9. The maximum atomic E-state index is 11.9. The Hall–Kier alpha value is -2.81. The van der Waals surface area contributed by atoms with Crippen LogP contribution in [0.4, 0.5) is 10.8 Å². The molecular formula is C17H20N4O4S. The summed E-state index contributed by atoms with van der Waals surface area (Å²) in [5.41, 5.74) is 2.69. The standard InChI is InChI=1S/C17H20N4O4S/c1-10-5-4-6-13(11(10)2)18-15(23)9-25-16(24)8-7-14(22)19-17-21-20-12(3)26-17/h4-6H,7-9H2,1-3H3,(H,18,23)(H,19,21,22). The molecule has 2 amide bonds. The molecule has 1 aromatic carbocycles. The van der Waals surface area contributed by atoms with Gasteiger partial charge in [-0.15, -0.1) is 10.2 Å². The van der Waals surface area contributed by atoms with Crippen LogP contribution in [0.25, 0.3) is 0 Å². The zero-order chi connectivity index (χ0) is 19.1. The summed E-state index contributed by atoms with van der Waals surface area (Å²) in [5, 5.41) is 13.9. The SMILES string of the molecule is Cc1nnc(NC(=O)CCC(=O)OCC(=O)Nc2cccc(C)c2C)s1. The molecule has 8 nitrogen and oxygen atoms in total. The van der Waals surface area contributed by atoms with Crippen molar-refractivity contribution in [3.05, 3.63) is 34.3 Å². The second-order valence-electron chi connectivity index (χ2n) is 5.63. The van der Waals surface area contributed by atoms with E-state index in [2.05, 4.69) is 20.8 Å². The van der Waals surface area contributed by atoms with Crippen LogP contribution >= 0.6 is 11.3 Å². The van der Waals surface area contributed by atoms with E-state index in [0.29, 0.717) is 10.8 Å². The minimum absolute atomic E-state index is 0.0595.